The highest BCUT2D eigenvalue weighted by atomic mass is 35.5. The lowest BCUT2D eigenvalue weighted by atomic mass is 10.0. The number of rotatable bonds is 25. The fourth-order valence-electron chi connectivity index (χ4n) is 17.6. The highest BCUT2D eigenvalue weighted by Gasteiger charge is 2.35. The van der Waals surface area contributed by atoms with Crippen molar-refractivity contribution in [2.75, 3.05) is 133 Å². The van der Waals surface area contributed by atoms with E-state index in [9.17, 15) is 51.5 Å². The van der Waals surface area contributed by atoms with Crippen LogP contribution in [-0.2, 0) is 23.9 Å². The number of Topliss-reactive ketones (excluding diaryl/α,β-unsaturated/α-hetero) is 4. The Kier molecular flexibility index (Phi) is 32.1. The first-order valence-corrected chi connectivity index (χ1v) is 49.0. The molecule has 16 heterocycles. The minimum atomic E-state index is -0.641. The molecule has 12 aromatic heterocycles. The summed E-state index contributed by atoms with van der Waals surface area (Å²) in [6.07, 6.45) is 17.6. The minimum Gasteiger partial charge on any atom is -0.497 e. The second-order valence-electron chi connectivity index (χ2n) is 36.5. The van der Waals surface area contributed by atoms with Crippen molar-refractivity contribution in [3.8, 4) is 51.3 Å². The van der Waals surface area contributed by atoms with Crippen molar-refractivity contribution < 1.29 is 61.0 Å². The average Bonchev–Trinajstić information content (AvgIpc) is 1.65. The highest BCUT2D eigenvalue weighted by molar-refractivity contribution is 6.47. The van der Waals surface area contributed by atoms with Gasteiger partial charge >= 0.3 is 0 Å². The van der Waals surface area contributed by atoms with Crippen molar-refractivity contribution in [2.45, 2.75) is 86.0 Å². The van der Waals surface area contributed by atoms with Crippen LogP contribution in [-0.4, -0.2) is 258 Å². The van der Waals surface area contributed by atoms with E-state index in [0.29, 0.717) is 222 Å². The number of nitrogens with zero attached hydrogens (tertiary/aromatic N) is 16. The summed E-state index contributed by atoms with van der Waals surface area (Å²) < 4.78 is 53.2. The number of H-pyrrole nitrogens is 4. The number of fused-ring (bicyclic) bond motifs is 4. The third-order valence-corrected chi connectivity index (χ3v) is 25.9. The number of pyridine rings is 4. The Morgan fingerprint density at radius 2 is 0.682 bits per heavy atom. The van der Waals surface area contributed by atoms with E-state index in [0.717, 1.165) is 39.3 Å². The van der Waals surface area contributed by atoms with Gasteiger partial charge in [0.15, 0.2) is 23.3 Å². The molecule has 20 rings (SSSR count). The molecule has 37 nitrogen and oxygen atoms in total. The molecule has 4 fully saturated rings. The molecule has 0 aliphatic carbocycles. The van der Waals surface area contributed by atoms with Crippen molar-refractivity contribution in [3.05, 3.63) is 255 Å². The largest absolute Gasteiger partial charge is 0.497 e. The van der Waals surface area contributed by atoms with Crippen LogP contribution in [0.15, 0.2) is 177 Å². The van der Waals surface area contributed by atoms with Crippen LogP contribution >= 0.6 is 23.2 Å². The van der Waals surface area contributed by atoms with Gasteiger partial charge in [-0.25, -0.2) is 73.0 Å². The molecular weight excluding hydrogens is 1940 g/mol. The number of carbonyl (C=O) groups is 8. The number of ether oxygens (including phenoxy) is 2. The summed E-state index contributed by atoms with van der Waals surface area (Å²) in [5, 5.41) is 25.6. The van der Waals surface area contributed by atoms with Crippen molar-refractivity contribution in [3.63, 3.8) is 0 Å². The van der Waals surface area contributed by atoms with Crippen LogP contribution in [0, 0.1) is 24.4 Å². The number of nitrogens with one attached hydrogen (secondary N) is 11. The Morgan fingerprint density at radius 3 is 1.02 bits per heavy atom. The first-order valence-electron chi connectivity index (χ1n) is 48.2. The second-order valence-corrected chi connectivity index (χ2v) is 37.3. The molecule has 0 spiro atoms. The number of piperazine rings is 3. The van der Waals surface area contributed by atoms with E-state index in [2.05, 4.69) is 121 Å². The Labute approximate surface area is 857 Å². The number of benzene rings is 4. The molecule has 11 N–H and O–H groups in total. The fourth-order valence-corrected chi connectivity index (χ4v) is 17.9. The van der Waals surface area contributed by atoms with E-state index in [-0.39, 0.29) is 74.5 Å². The number of aromatic nitrogens is 16. The van der Waals surface area contributed by atoms with E-state index < -0.39 is 58.4 Å². The highest BCUT2D eigenvalue weighted by Crippen LogP contribution is 2.41. The first kappa shape index (κ1) is 103. The van der Waals surface area contributed by atoms with Gasteiger partial charge in [-0.15, -0.1) is 0 Å². The summed E-state index contributed by atoms with van der Waals surface area (Å²) in [4.78, 5) is 177. The normalized spacial score (nSPS) is 13.8. The van der Waals surface area contributed by atoms with Gasteiger partial charge in [-0.1, -0.05) is 78.6 Å². The maximum absolute atomic E-state index is 14.6. The molecule has 760 valence electrons. The number of hydrogen-bond donors (Lipinski definition) is 11. The lowest BCUT2D eigenvalue weighted by Crippen LogP contribution is -2.48. The van der Waals surface area contributed by atoms with Gasteiger partial charge in [-0.3, -0.25) is 38.4 Å². The lowest BCUT2D eigenvalue weighted by Gasteiger charge is -2.26. The molecule has 16 aromatic rings. The maximum atomic E-state index is 14.6. The molecular formula is C106H106Cl2F3N27O10. The van der Waals surface area contributed by atoms with Crippen molar-refractivity contribution in [1.82, 2.24) is 115 Å². The molecule has 0 unspecified atom stereocenters. The zero-order valence-electron chi connectivity index (χ0n) is 82.5. The standard InChI is InChI=1S/C27H28FN7O2.C27H29N7O3.C26H25ClFN7O2.C26H24ClFN6O3/c1-15(2)21-16(3)32-24(17-4-6-18(28)7-5-17)34-26(21)33-20-8-9-30-25-22(20)19(14-31-25)23(36)27(37)35-12-10-29-11-13-35;1-16(2)19-14-30-24(17-4-6-18(37-3)7-5-17)33-25(19)32-21-8-9-29-26-22(21)20(15-31-26)23(35)27(36)34-12-10-28-11-13-34;1-14(2)17-12-31-23(16-11-15(27)3-4-19(16)28)34-24(17)33-20-5-6-30-25-21(20)18(13-32-25)22(36)26(37)35-9-7-29-8-10-35;1-14(2)17-12-30-23(16-11-15(27)3-4-19(16)28)33-24(17)32-20-5-6-29-25-21(20)18(13-31-25)22(35)26(36)34-7-9-37-10-8-34/h4-9,14-15,29H,10-13H2,1-3H3,(H2,30,31,32,33,34);4-9,14-16,28H,10-13H2,1-3H3,(H2,29,30,31,32,33);3-6,11-14,29H,7-10H2,1-2H3,(H2,30,31,32,33,34);3-6,11-14H,7-10H2,1-2H3,(H2,29,30,31,32,33). The van der Waals surface area contributed by atoms with Gasteiger partial charge in [0.05, 0.1) is 98.0 Å². The van der Waals surface area contributed by atoms with E-state index in [1.54, 1.807) is 102 Å². The molecule has 0 radical (unpaired) electrons. The molecule has 4 aliphatic heterocycles. The molecule has 0 saturated carbocycles. The van der Waals surface area contributed by atoms with Crippen molar-refractivity contribution in [1.29, 1.82) is 0 Å². The predicted octanol–water partition coefficient (Wildman–Crippen LogP) is 16.5. The zero-order valence-corrected chi connectivity index (χ0v) is 84.0. The van der Waals surface area contributed by atoms with Gasteiger partial charge in [-0.2, -0.15) is 0 Å². The number of ketones is 4. The summed E-state index contributed by atoms with van der Waals surface area (Å²) in [7, 11) is 1.62. The van der Waals surface area contributed by atoms with Gasteiger partial charge in [0.1, 0.15) is 69.1 Å². The van der Waals surface area contributed by atoms with E-state index in [1.807, 2.05) is 78.9 Å². The van der Waals surface area contributed by atoms with Crippen LogP contribution < -0.4 is 42.0 Å². The molecule has 0 bridgehead atoms. The van der Waals surface area contributed by atoms with E-state index in [1.165, 1.54) is 72.0 Å². The maximum Gasteiger partial charge on any atom is 0.295 e. The summed E-state index contributed by atoms with van der Waals surface area (Å²) in [6.45, 7) is 26.4. The Bertz CT molecular complexity index is 7480. The Morgan fingerprint density at radius 1 is 0.372 bits per heavy atom. The topological polar surface area (TPSA) is 470 Å². The first-order chi connectivity index (χ1) is 71.4. The average molecular weight is 2050 g/mol. The smallest absolute Gasteiger partial charge is 0.295 e. The number of methoxy groups -OCH3 is 1. The molecule has 42 heteroatoms. The van der Waals surface area contributed by atoms with Crippen LogP contribution in [0.2, 0.25) is 10.0 Å². The summed E-state index contributed by atoms with van der Waals surface area (Å²) >= 11 is 12.2. The summed E-state index contributed by atoms with van der Waals surface area (Å²) in [6, 6.07) is 28.9. The van der Waals surface area contributed by atoms with Gasteiger partial charge in [0.2, 0.25) is 0 Å². The summed E-state index contributed by atoms with van der Waals surface area (Å²) in [5.74, 6) is -1.45. The van der Waals surface area contributed by atoms with Crippen LogP contribution in [0.3, 0.4) is 0 Å². The van der Waals surface area contributed by atoms with Gasteiger partial charge in [0.25, 0.3) is 46.8 Å². The molecule has 4 aliphatic rings. The van der Waals surface area contributed by atoms with Gasteiger partial charge in [0, 0.05) is 209 Å². The van der Waals surface area contributed by atoms with Crippen LogP contribution in [0.4, 0.5) is 59.2 Å². The Balaban J connectivity index is 0.000000135. The van der Waals surface area contributed by atoms with Crippen LogP contribution in [0.25, 0.3) is 89.7 Å². The zero-order chi connectivity index (χ0) is 104. The molecule has 4 amide bonds. The molecule has 148 heavy (non-hydrogen) atoms. The van der Waals surface area contributed by atoms with Crippen LogP contribution in [0.5, 0.6) is 5.75 Å². The molecule has 0 atom stereocenters. The number of anilines is 8. The number of amides is 4. The Hall–Kier alpha value is -16.3. The monoisotopic (exact) mass is 2040 g/mol. The van der Waals surface area contributed by atoms with Crippen LogP contribution in [0.1, 0.15) is 148 Å². The number of aryl methyl sites for hydroxylation is 1. The predicted molar refractivity (Wildman–Crippen MR) is 558 cm³/mol. The number of morpholine rings is 1. The summed E-state index contributed by atoms with van der Waals surface area (Å²) in [5.41, 5.74) is 11.1. The van der Waals surface area contributed by atoms with E-state index in [4.69, 9.17) is 42.6 Å². The number of hydrogen-bond acceptors (Lipinski definition) is 29. The quantitative estimate of drug-likeness (QED) is 0.0187. The van der Waals surface area contributed by atoms with Gasteiger partial charge in [-0.05, 0) is 140 Å². The number of carbonyl (C=O) groups excluding carboxylic acids is 8. The van der Waals surface area contributed by atoms with Crippen molar-refractivity contribution in [2.24, 2.45) is 0 Å². The lowest BCUT2D eigenvalue weighted by molar-refractivity contribution is -0.130. The van der Waals surface area contributed by atoms with E-state index >= 15 is 0 Å². The third-order valence-electron chi connectivity index (χ3n) is 25.4. The molecule has 4 aromatic carbocycles. The van der Waals surface area contributed by atoms with Crippen molar-refractivity contribution >= 4 is 160 Å². The van der Waals surface area contributed by atoms with Gasteiger partial charge < -0.3 is 86.2 Å². The fraction of sp³-hybridized carbons (Fsp3) is 0.283. The SMILES string of the molecule is CC(C)c1cnc(-c2cc(Cl)ccc2F)nc1Nc1ccnc2[nH]cc(C(=O)C(=O)N3CCNCC3)c12.CC(C)c1cnc(-c2cc(Cl)ccc2F)nc1Nc1ccnc2[nH]cc(C(=O)C(=O)N3CCOCC3)c12.COc1ccc(-c2ncc(C(C)C)c(Nc3ccnc4[nH]cc(C(=O)C(=O)N5CCNCC5)c34)n2)cc1.Cc1nc(-c2ccc(F)cc2)nc(Nc2ccnc3[nH]cc(C(=O)C(=O)N4CCNCC4)c23)c1C(C)C. The number of aromatic amines is 4. The number of halogens is 5. The third kappa shape index (κ3) is 22.9. The minimum absolute atomic E-state index is 0.0355. The molecule has 4 saturated heterocycles. The second kappa shape index (κ2) is 46.0.